The minimum absolute atomic E-state index is 0.0340. The zero-order valence-electron chi connectivity index (χ0n) is 16.0. The maximum absolute atomic E-state index is 13.3. The van der Waals surface area contributed by atoms with Crippen molar-refractivity contribution in [1.82, 2.24) is 0 Å². The standard InChI is InChI=1S/C20H20F3NO4S/c1-12-11-24(17-7-5-4-6-15(12)17)19(25)16-10-14(29(3,26)27)8-9-18(16)28-13(2)20(21,22)23/h4-10,12-13H,11H2,1-3H3/t12?,13-/m0/s1. The van der Waals surface area contributed by atoms with Gasteiger partial charge in [0.2, 0.25) is 0 Å². The number of rotatable bonds is 4. The Labute approximate surface area is 167 Å². The van der Waals surface area contributed by atoms with Crippen molar-refractivity contribution >= 4 is 21.4 Å². The largest absolute Gasteiger partial charge is 0.480 e. The molecule has 0 aliphatic carbocycles. The van der Waals surface area contributed by atoms with Crippen LogP contribution < -0.4 is 9.64 Å². The highest BCUT2D eigenvalue weighted by atomic mass is 32.2. The van der Waals surface area contributed by atoms with Gasteiger partial charge in [0, 0.05) is 24.4 Å². The molecular weight excluding hydrogens is 407 g/mol. The Morgan fingerprint density at radius 3 is 2.48 bits per heavy atom. The maximum atomic E-state index is 13.3. The quantitative estimate of drug-likeness (QED) is 0.734. The molecule has 1 amide bonds. The van der Waals surface area contributed by atoms with E-state index in [0.29, 0.717) is 12.2 Å². The molecule has 2 aromatic rings. The molecule has 1 unspecified atom stereocenters. The van der Waals surface area contributed by atoms with E-state index in [1.165, 1.54) is 4.90 Å². The Kier molecular flexibility index (Phi) is 5.38. The van der Waals surface area contributed by atoms with Gasteiger partial charge in [0.1, 0.15) is 5.75 Å². The van der Waals surface area contributed by atoms with E-state index < -0.39 is 28.0 Å². The fourth-order valence-electron chi connectivity index (χ4n) is 3.23. The summed E-state index contributed by atoms with van der Waals surface area (Å²) in [6.07, 6.45) is -5.84. The van der Waals surface area contributed by atoms with Gasteiger partial charge in [0.25, 0.3) is 5.91 Å². The summed E-state index contributed by atoms with van der Waals surface area (Å²) in [5.74, 6) is -0.896. The number of sulfone groups is 1. The summed E-state index contributed by atoms with van der Waals surface area (Å²) in [5, 5.41) is 0. The van der Waals surface area contributed by atoms with Crippen molar-refractivity contribution in [1.29, 1.82) is 0 Å². The zero-order chi connectivity index (χ0) is 21.6. The van der Waals surface area contributed by atoms with Crippen molar-refractivity contribution in [2.45, 2.75) is 36.9 Å². The highest BCUT2D eigenvalue weighted by molar-refractivity contribution is 7.90. The van der Waals surface area contributed by atoms with Gasteiger partial charge in [-0.2, -0.15) is 13.2 Å². The van der Waals surface area contributed by atoms with Gasteiger partial charge in [-0.1, -0.05) is 25.1 Å². The van der Waals surface area contributed by atoms with E-state index in [1.807, 2.05) is 19.1 Å². The topological polar surface area (TPSA) is 63.7 Å². The van der Waals surface area contributed by atoms with Crippen molar-refractivity contribution in [3.63, 3.8) is 0 Å². The Bertz CT molecular complexity index is 1050. The molecule has 0 fully saturated rings. The molecule has 156 valence electrons. The second-order valence-corrected chi connectivity index (χ2v) is 9.12. The van der Waals surface area contributed by atoms with Gasteiger partial charge in [0.15, 0.2) is 15.9 Å². The number of carbonyl (C=O) groups is 1. The Balaban J connectivity index is 2.07. The van der Waals surface area contributed by atoms with Gasteiger partial charge in [-0.25, -0.2) is 8.42 Å². The highest BCUT2D eigenvalue weighted by Gasteiger charge is 2.39. The van der Waals surface area contributed by atoms with E-state index in [9.17, 15) is 26.4 Å². The van der Waals surface area contributed by atoms with Crippen molar-refractivity contribution in [2.75, 3.05) is 17.7 Å². The highest BCUT2D eigenvalue weighted by Crippen LogP contribution is 2.38. The van der Waals surface area contributed by atoms with E-state index in [4.69, 9.17) is 4.74 Å². The predicted molar refractivity (Wildman–Crippen MR) is 102 cm³/mol. The monoisotopic (exact) mass is 427 g/mol. The van der Waals surface area contributed by atoms with Crippen molar-refractivity contribution in [2.24, 2.45) is 0 Å². The first-order valence-electron chi connectivity index (χ1n) is 8.88. The van der Waals surface area contributed by atoms with Crippen LogP contribution in [0.3, 0.4) is 0 Å². The lowest BCUT2D eigenvalue weighted by molar-refractivity contribution is -0.189. The van der Waals surface area contributed by atoms with Gasteiger partial charge < -0.3 is 9.64 Å². The number of benzene rings is 2. The van der Waals surface area contributed by atoms with Crippen LogP contribution in [0.1, 0.15) is 35.7 Å². The first-order valence-corrected chi connectivity index (χ1v) is 10.8. The third-order valence-electron chi connectivity index (χ3n) is 4.83. The summed E-state index contributed by atoms with van der Waals surface area (Å²) in [6.45, 7) is 3.09. The van der Waals surface area contributed by atoms with E-state index in [-0.39, 0.29) is 22.1 Å². The van der Waals surface area contributed by atoms with Gasteiger partial charge in [-0.3, -0.25) is 4.79 Å². The smallest absolute Gasteiger partial charge is 0.425 e. The first-order chi connectivity index (χ1) is 13.4. The number of hydrogen-bond acceptors (Lipinski definition) is 4. The average molecular weight is 427 g/mol. The Morgan fingerprint density at radius 2 is 1.86 bits per heavy atom. The summed E-state index contributed by atoms with van der Waals surface area (Å²) in [7, 11) is -3.68. The van der Waals surface area contributed by atoms with E-state index in [0.717, 1.165) is 36.9 Å². The molecule has 29 heavy (non-hydrogen) atoms. The third kappa shape index (κ3) is 4.24. The van der Waals surface area contributed by atoms with Crippen molar-refractivity contribution in [3.05, 3.63) is 53.6 Å². The molecule has 0 radical (unpaired) electrons. The van der Waals surface area contributed by atoms with Gasteiger partial charge in [0.05, 0.1) is 10.5 Å². The molecule has 1 aliphatic heterocycles. The molecule has 0 saturated heterocycles. The van der Waals surface area contributed by atoms with Gasteiger partial charge >= 0.3 is 6.18 Å². The average Bonchev–Trinajstić information content (AvgIpc) is 2.97. The van der Waals surface area contributed by atoms with Crippen molar-refractivity contribution < 1.29 is 31.1 Å². The van der Waals surface area contributed by atoms with E-state index >= 15 is 0 Å². The lowest BCUT2D eigenvalue weighted by Gasteiger charge is -2.23. The number of halogens is 3. The number of carbonyl (C=O) groups excluding carboxylic acids is 1. The van der Waals surface area contributed by atoms with Crippen LogP contribution in [0.15, 0.2) is 47.4 Å². The molecule has 9 heteroatoms. The number of amides is 1. The number of ether oxygens (including phenoxy) is 1. The van der Waals surface area contributed by atoms with Crippen LogP contribution in [0.4, 0.5) is 18.9 Å². The molecule has 2 atom stereocenters. The third-order valence-corrected chi connectivity index (χ3v) is 5.94. The van der Waals surface area contributed by atoms with Gasteiger partial charge in [-0.05, 0) is 36.8 Å². The number of alkyl halides is 3. The molecule has 0 saturated carbocycles. The molecule has 0 spiro atoms. The number of fused-ring (bicyclic) bond motifs is 1. The number of hydrogen-bond donors (Lipinski definition) is 0. The molecule has 1 aliphatic rings. The minimum Gasteiger partial charge on any atom is -0.480 e. The van der Waals surface area contributed by atoms with Crippen LogP contribution in [0.5, 0.6) is 5.75 Å². The molecule has 2 aromatic carbocycles. The second-order valence-electron chi connectivity index (χ2n) is 7.11. The van der Waals surface area contributed by atoms with Crippen molar-refractivity contribution in [3.8, 4) is 5.75 Å². The molecular formula is C20H20F3NO4S. The maximum Gasteiger partial charge on any atom is 0.425 e. The molecule has 1 heterocycles. The minimum atomic E-state index is -4.63. The summed E-state index contributed by atoms with van der Waals surface area (Å²) in [6, 6.07) is 10.5. The van der Waals surface area contributed by atoms with Crippen LogP contribution in [-0.2, 0) is 9.84 Å². The fraction of sp³-hybridized carbons (Fsp3) is 0.350. The second kappa shape index (κ2) is 7.37. The number of nitrogens with zero attached hydrogens (tertiary/aromatic N) is 1. The summed E-state index contributed by atoms with van der Waals surface area (Å²) in [4.78, 5) is 14.5. The summed E-state index contributed by atoms with van der Waals surface area (Å²) in [5.41, 5.74) is 1.35. The van der Waals surface area contributed by atoms with Gasteiger partial charge in [-0.15, -0.1) is 0 Å². The van der Waals surface area contributed by atoms with Crippen LogP contribution in [-0.4, -0.2) is 39.4 Å². The van der Waals surface area contributed by atoms with Crippen LogP contribution in [0.2, 0.25) is 0 Å². The Morgan fingerprint density at radius 1 is 1.21 bits per heavy atom. The SMILES string of the molecule is CC1CN(C(=O)c2cc(S(C)(=O)=O)ccc2O[C@@H](C)C(F)(F)F)c2ccccc21. The summed E-state index contributed by atoms with van der Waals surface area (Å²) >= 11 is 0. The molecule has 3 rings (SSSR count). The lowest BCUT2D eigenvalue weighted by atomic mass is 10.0. The summed E-state index contributed by atoms with van der Waals surface area (Å²) < 4.78 is 67.8. The molecule has 5 nitrogen and oxygen atoms in total. The van der Waals surface area contributed by atoms with Crippen LogP contribution >= 0.6 is 0 Å². The van der Waals surface area contributed by atoms with E-state index in [1.54, 1.807) is 12.1 Å². The first kappa shape index (κ1) is 21.2. The van der Waals surface area contributed by atoms with E-state index in [2.05, 4.69) is 0 Å². The normalized spacial score (nSPS) is 17.7. The zero-order valence-corrected chi connectivity index (χ0v) is 16.8. The van der Waals surface area contributed by atoms with Crippen LogP contribution in [0, 0.1) is 0 Å². The Hall–Kier alpha value is -2.55. The lowest BCUT2D eigenvalue weighted by Crippen LogP contribution is -2.33. The molecule has 0 N–H and O–H groups in total. The number of para-hydroxylation sites is 1. The number of anilines is 1. The fourth-order valence-corrected chi connectivity index (χ4v) is 3.87. The molecule has 0 bridgehead atoms. The molecule has 0 aromatic heterocycles. The van der Waals surface area contributed by atoms with Crippen LogP contribution in [0.25, 0.3) is 0 Å². The predicted octanol–water partition coefficient (Wildman–Crippen LogP) is 4.18.